The number of nitrogens with one attached hydrogen (secondary N) is 2. The highest BCUT2D eigenvalue weighted by molar-refractivity contribution is 5.94. The maximum Gasteiger partial charge on any atom is 0.178 e. The number of fused-ring (bicyclic) bond motifs is 2. The topological polar surface area (TPSA) is 122 Å². The molecule has 2 N–H and O–H groups in total. The molecule has 0 aliphatic rings. The Morgan fingerprint density at radius 1 is 0.800 bits per heavy atom. The number of rotatable bonds is 3. The Balaban J connectivity index is 1.52. The van der Waals surface area contributed by atoms with Crippen LogP contribution in [-0.2, 0) is 0 Å². The van der Waals surface area contributed by atoms with Gasteiger partial charge in [-0.1, -0.05) is 6.07 Å². The quantitative estimate of drug-likeness (QED) is 0.474. The van der Waals surface area contributed by atoms with Gasteiger partial charge in [-0.15, -0.1) is 0 Å². The van der Waals surface area contributed by atoms with Crippen molar-refractivity contribution < 1.29 is 0 Å². The molecule has 0 unspecified atom stereocenters. The fourth-order valence-corrected chi connectivity index (χ4v) is 3.41. The zero-order valence-corrected chi connectivity index (χ0v) is 15.5. The molecule has 6 aromatic rings. The molecule has 6 heterocycles. The van der Waals surface area contributed by atoms with Gasteiger partial charge in [0.15, 0.2) is 17.2 Å². The van der Waals surface area contributed by atoms with Crippen LogP contribution in [0, 0.1) is 0 Å². The van der Waals surface area contributed by atoms with E-state index in [-0.39, 0.29) is 0 Å². The van der Waals surface area contributed by atoms with Crippen molar-refractivity contribution in [2.75, 3.05) is 0 Å². The summed E-state index contributed by atoms with van der Waals surface area (Å²) in [5.74, 6) is 0.584. The number of nitrogens with zero attached hydrogens (tertiary/aromatic N) is 7. The van der Waals surface area contributed by atoms with Crippen molar-refractivity contribution in [3.8, 4) is 34.0 Å². The summed E-state index contributed by atoms with van der Waals surface area (Å²) in [6.07, 6.45) is 8.44. The van der Waals surface area contributed by atoms with Crippen LogP contribution in [0.3, 0.4) is 0 Å². The highest BCUT2D eigenvalue weighted by Gasteiger charge is 2.17. The first-order valence-corrected chi connectivity index (χ1v) is 9.24. The Hall–Kier alpha value is -4.53. The van der Waals surface area contributed by atoms with E-state index < -0.39 is 0 Å². The van der Waals surface area contributed by atoms with Crippen LogP contribution in [0.4, 0.5) is 0 Å². The second kappa shape index (κ2) is 6.52. The van der Waals surface area contributed by atoms with E-state index in [1.54, 1.807) is 24.8 Å². The van der Waals surface area contributed by atoms with Gasteiger partial charge in [-0.2, -0.15) is 5.10 Å². The molecule has 0 aliphatic heterocycles. The monoisotopic (exact) mass is 391 g/mol. The molecule has 6 rings (SSSR count). The number of hydrogen-bond donors (Lipinski definition) is 2. The van der Waals surface area contributed by atoms with Crippen molar-refractivity contribution in [2.24, 2.45) is 0 Å². The number of aromatic amines is 2. The van der Waals surface area contributed by atoms with Gasteiger partial charge in [-0.05, 0) is 30.3 Å². The highest BCUT2D eigenvalue weighted by atomic mass is 15.2. The predicted molar refractivity (Wildman–Crippen MR) is 111 cm³/mol. The van der Waals surface area contributed by atoms with Crippen molar-refractivity contribution in [3.63, 3.8) is 0 Å². The van der Waals surface area contributed by atoms with E-state index in [9.17, 15) is 0 Å². The van der Waals surface area contributed by atoms with Gasteiger partial charge in [0.05, 0.1) is 22.4 Å². The van der Waals surface area contributed by atoms with Gasteiger partial charge in [0.1, 0.15) is 11.8 Å². The third-order valence-corrected chi connectivity index (χ3v) is 4.82. The fraction of sp³-hybridized carbons (Fsp3) is 0. The van der Waals surface area contributed by atoms with Gasteiger partial charge in [0, 0.05) is 35.9 Å². The zero-order valence-electron chi connectivity index (χ0n) is 15.5. The van der Waals surface area contributed by atoms with Crippen molar-refractivity contribution in [3.05, 3.63) is 67.5 Å². The van der Waals surface area contributed by atoms with Gasteiger partial charge >= 0.3 is 0 Å². The molecule has 6 aromatic heterocycles. The van der Waals surface area contributed by atoms with Gasteiger partial charge in [0.25, 0.3) is 0 Å². The average molecular weight is 391 g/mol. The first kappa shape index (κ1) is 16.4. The third kappa shape index (κ3) is 2.60. The fourth-order valence-electron chi connectivity index (χ4n) is 3.41. The van der Waals surface area contributed by atoms with Crippen molar-refractivity contribution in [1.29, 1.82) is 0 Å². The number of pyridine rings is 3. The molecule has 0 saturated carbocycles. The van der Waals surface area contributed by atoms with Crippen LogP contribution in [0.15, 0.2) is 67.5 Å². The normalized spacial score (nSPS) is 11.3. The number of hydrogen-bond acceptors (Lipinski definition) is 7. The summed E-state index contributed by atoms with van der Waals surface area (Å²) in [6, 6.07) is 11.5. The third-order valence-electron chi connectivity index (χ3n) is 4.82. The summed E-state index contributed by atoms with van der Waals surface area (Å²) < 4.78 is 0. The first-order valence-electron chi connectivity index (χ1n) is 9.24. The minimum absolute atomic E-state index is 0.584. The Morgan fingerprint density at radius 2 is 1.73 bits per heavy atom. The minimum Gasteiger partial charge on any atom is -0.335 e. The molecule has 9 heteroatoms. The van der Waals surface area contributed by atoms with Crippen LogP contribution in [0.5, 0.6) is 0 Å². The van der Waals surface area contributed by atoms with E-state index in [1.165, 1.54) is 6.33 Å². The maximum absolute atomic E-state index is 4.77. The van der Waals surface area contributed by atoms with E-state index in [0.717, 1.165) is 33.5 Å². The summed E-state index contributed by atoms with van der Waals surface area (Å²) in [5.41, 5.74) is 6.88. The van der Waals surface area contributed by atoms with Crippen LogP contribution in [0.2, 0.25) is 0 Å². The van der Waals surface area contributed by atoms with Crippen LogP contribution in [0.1, 0.15) is 0 Å². The van der Waals surface area contributed by atoms with Crippen LogP contribution in [0.25, 0.3) is 56.2 Å². The molecule has 0 atom stereocenters. The largest absolute Gasteiger partial charge is 0.335 e. The van der Waals surface area contributed by atoms with Crippen LogP contribution in [-0.4, -0.2) is 45.1 Å². The maximum atomic E-state index is 4.77. The van der Waals surface area contributed by atoms with E-state index in [1.807, 2.05) is 36.4 Å². The van der Waals surface area contributed by atoms with Crippen LogP contribution < -0.4 is 0 Å². The van der Waals surface area contributed by atoms with E-state index in [0.29, 0.717) is 22.7 Å². The van der Waals surface area contributed by atoms with Gasteiger partial charge in [0.2, 0.25) is 0 Å². The molecule has 142 valence electrons. The molecule has 0 spiro atoms. The lowest BCUT2D eigenvalue weighted by atomic mass is 10.1. The lowest BCUT2D eigenvalue weighted by molar-refractivity contribution is 1.10. The summed E-state index contributed by atoms with van der Waals surface area (Å²) in [5, 5.41) is 7.46. The Kier molecular flexibility index (Phi) is 3.57. The molecule has 9 nitrogen and oxygen atoms in total. The average Bonchev–Trinajstić information content (AvgIpc) is 3.43. The van der Waals surface area contributed by atoms with E-state index in [4.69, 9.17) is 4.98 Å². The zero-order chi connectivity index (χ0) is 19.9. The predicted octanol–water partition coefficient (Wildman–Crippen LogP) is 3.42. The Bertz CT molecular complexity index is 1490. The minimum atomic E-state index is 0.584. The molecular weight excluding hydrogens is 378 g/mol. The van der Waals surface area contributed by atoms with Gasteiger partial charge < -0.3 is 4.98 Å². The van der Waals surface area contributed by atoms with Crippen molar-refractivity contribution in [1.82, 2.24) is 45.1 Å². The SMILES string of the molecule is c1ccc(-c2ccnc3nc(-c4n[nH]c5ccc(-c6cncnc6)nc45)[nH]c23)nc1. The highest BCUT2D eigenvalue weighted by Crippen LogP contribution is 2.30. The number of aromatic nitrogens is 9. The lowest BCUT2D eigenvalue weighted by Gasteiger charge is -2.00. The summed E-state index contributed by atoms with van der Waals surface area (Å²) in [4.78, 5) is 29.8. The van der Waals surface area contributed by atoms with E-state index >= 15 is 0 Å². The number of imidazole rings is 1. The standard InChI is InChI=1S/C21H13N9/c1-2-7-24-15(3-1)13-6-8-25-20-17(13)27-21(28-20)19-18-16(29-30-19)5-4-14(26-18)12-9-22-11-23-10-12/h1-11H,(H,29,30)(H,25,27,28). The molecule has 0 fully saturated rings. The summed E-state index contributed by atoms with van der Waals surface area (Å²) >= 11 is 0. The molecule has 0 aromatic carbocycles. The second-order valence-corrected chi connectivity index (χ2v) is 6.65. The first-order chi connectivity index (χ1) is 14.9. The molecule has 0 aliphatic carbocycles. The molecule has 0 bridgehead atoms. The lowest BCUT2D eigenvalue weighted by Crippen LogP contribution is -1.88. The smallest absolute Gasteiger partial charge is 0.178 e. The van der Waals surface area contributed by atoms with Gasteiger partial charge in [-0.3, -0.25) is 10.1 Å². The molecule has 0 radical (unpaired) electrons. The number of H-pyrrole nitrogens is 2. The second-order valence-electron chi connectivity index (χ2n) is 6.65. The summed E-state index contributed by atoms with van der Waals surface area (Å²) in [6.45, 7) is 0. The Morgan fingerprint density at radius 3 is 2.60 bits per heavy atom. The van der Waals surface area contributed by atoms with Gasteiger partial charge in [-0.25, -0.2) is 24.9 Å². The molecule has 0 amide bonds. The van der Waals surface area contributed by atoms with Crippen LogP contribution >= 0.6 is 0 Å². The molecule has 30 heavy (non-hydrogen) atoms. The molecular formula is C21H13N9. The van der Waals surface area contributed by atoms with Crippen molar-refractivity contribution >= 4 is 22.2 Å². The van der Waals surface area contributed by atoms with E-state index in [2.05, 4.69) is 40.1 Å². The van der Waals surface area contributed by atoms with Crippen molar-refractivity contribution in [2.45, 2.75) is 0 Å². The Labute approximate surface area is 169 Å². The molecule has 0 saturated heterocycles. The summed E-state index contributed by atoms with van der Waals surface area (Å²) in [7, 11) is 0.